The van der Waals surface area contributed by atoms with E-state index >= 15 is 0 Å². The van der Waals surface area contributed by atoms with Crippen LogP contribution in [-0.2, 0) is 15.0 Å². The molecule has 1 unspecified atom stereocenters. The van der Waals surface area contributed by atoms with Gasteiger partial charge >= 0.3 is 0 Å². The minimum atomic E-state index is -0.680. The molecular formula is C19H22FN5O2. The van der Waals surface area contributed by atoms with Gasteiger partial charge in [-0.15, -0.1) is 10.2 Å². The van der Waals surface area contributed by atoms with Gasteiger partial charge in [0.25, 0.3) is 0 Å². The number of nitrogens with one attached hydrogen (secondary N) is 3. The maximum Gasteiger partial charge on any atom is 0.238 e. The second kappa shape index (κ2) is 7.69. The van der Waals surface area contributed by atoms with Crippen LogP contribution in [0.25, 0.3) is 0 Å². The summed E-state index contributed by atoms with van der Waals surface area (Å²) in [7, 11) is 0. The van der Waals surface area contributed by atoms with Gasteiger partial charge in [0.15, 0.2) is 5.82 Å². The fourth-order valence-corrected chi connectivity index (χ4v) is 2.87. The van der Waals surface area contributed by atoms with Crippen molar-refractivity contribution in [3.63, 3.8) is 0 Å². The van der Waals surface area contributed by atoms with Crippen LogP contribution in [0.2, 0.25) is 0 Å². The molecule has 2 heterocycles. The van der Waals surface area contributed by atoms with Crippen molar-refractivity contribution >= 4 is 23.5 Å². The van der Waals surface area contributed by atoms with E-state index in [-0.39, 0.29) is 23.0 Å². The van der Waals surface area contributed by atoms with Crippen molar-refractivity contribution in [3.05, 3.63) is 47.8 Å². The number of carbonyl (C=O) groups is 2. The van der Waals surface area contributed by atoms with Crippen LogP contribution < -0.4 is 16.0 Å². The van der Waals surface area contributed by atoms with E-state index in [9.17, 15) is 14.0 Å². The zero-order valence-electron chi connectivity index (χ0n) is 15.3. The molecule has 0 aliphatic carbocycles. The van der Waals surface area contributed by atoms with Crippen molar-refractivity contribution in [1.29, 1.82) is 0 Å². The summed E-state index contributed by atoms with van der Waals surface area (Å²) in [6.45, 7) is 5.17. The lowest BCUT2D eigenvalue weighted by atomic mass is 9.84. The van der Waals surface area contributed by atoms with Crippen molar-refractivity contribution in [3.8, 4) is 0 Å². The van der Waals surface area contributed by atoms with Gasteiger partial charge in [-0.25, -0.2) is 4.39 Å². The van der Waals surface area contributed by atoms with Crippen LogP contribution in [0.3, 0.4) is 0 Å². The lowest BCUT2D eigenvalue weighted by molar-refractivity contribution is -0.130. The highest BCUT2D eigenvalue weighted by Crippen LogP contribution is 2.24. The number of benzene rings is 1. The SMILES string of the molecule is CC(C)(CNc1ccc(NC(=O)C2CCNC2=O)nn1)c1ccc(F)cc1. The maximum absolute atomic E-state index is 13.1. The van der Waals surface area contributed by atoms with Gasteiger partial charge in [0, 0.05) is 18.5 Å². The molecule has 7 nitrogen and oxygen atoms in total. The summed E-state index contributed by atoms with van der Waals surface area (Å²) < 4.78 is 13.1. The summed E-state index contributed by atoms with van der Waals surface area (Å²) >= 11 is 0. The van der Waals surface area contributed by atoms with Crippen molar-refractivity contribution in [1.82, 2.24) is 15.5 Å². The third kappa shape index (κ3) is 4.58. The molecule has 1 aliphatic heterocycles. The summed E-state index contributed by atoms with van der Waals surface area (Å²) in [6.07, 6.45) is 0.482. The van der Waals surface area contributed by atoms with Gasteiger partial charge in [0.2, 0.25) is 11.8 Å². The highest BCUT2D eigenvalue weighted by Gasteiger charge is 2.31. The van der Waals surface area contributed by atoms with Crippen LogP contribution in [0.15, 0.2) is 36.4 Å². The van der Waals surface area contributed by atoms with Gasteiger partial charge in [-0.05, 0) is 36.2 Å². The molecule has 2 amide bonds. The molecule has 142 valence electrons. The normalized spacial score (nSPS) is 16.7. The lowest BCUT2D eigenvalue weighted by Crippen LogP contribution is -2.30. The average molecular weight is 371 g/mol. The molecule has 1 aromatic heterocycles. The number of anilines is 2. The minimum absolute atomic E-state index is 0.238. The number of amides is 2. The lowest BCUT2D eigenvalue weighted by Gasteiger charge is -2.25. The quantitative estimate of drug-likeness (QED) is 0.676. The van der Waals surface area contributed by atoms with Crippen LogP contribution >= 0.6 is 0 Å². The summed E-state index contributed by atoms with van der Waals surface area (Å²) in [4.78, 5) is 23.6. The summed E-state index contributed by atoms with van der Waals surface area (Å²) in [5.74, 6) is -0.730. The van der Waals surface area contributed by atoms with Gasteiger partial charge in [0.1, 0.15) is 17.6 Å². The van der Waals surface area contributed by atoms with E-state index in [1.807, 2.05) is 13.8 Å². The Morgan fingerprint density at radius 1 is 1.19 bits per heavy atom. The minimum Gasteiger partial charge on any atom is -0.368 e. The monoisotopic (exact) mass is 371 g/mol. The van der Waals surface area contributed by atoms with Crippen LogP contribution in [-0.4, -0.2) is 35.1 Å². The van der Waals surface area contributed by atoms with Gasteiger partial charge < -0.3 is 16.0 Å². The summed E-state index contributed by atoms with van der Waals surface area (Å²) in [5.41, 5.74) is 0.765. The van der Waals surface area contributed by atoms with E-state index in [1.54, 1.807) is 24.3 Å². The number of nitrogens with zero attached hydrogens (tertiary/aromatic N) is 2. The Bertz CT molecular complexity index is 821. The van der Waals surface area contributed by atoms with E-state index < -0.39 is 5.92 Å². The first-order valence-corrected chi connectivity index (χ1v) is 8.77. The van der Waals surface area contributed by atoms with E-state index in [0.717, 1.165) is 5.56 Å². The molecule has 3 N–H and O–H groups in total. The van der Waals surface area contributed by atoms with E-state index in [4.69, 9.17) is 0 Å². The second-order valence-corrected chi connectivity index (χ2v) is 7.17. The number of halogens is 1. The molecular weight excluding hydrogens is 349 g/mol. The molecule has 1 aliphatic rings. The highest BCUT2D eigenvalue weighted by atomic mass is 19.1. The molecule has 1 saturated heterocycles. The standard InChI is InChI=1S/C19H22FN5O2/c1-19(2,12-3-5-13(20)6-4-12)11-22-15-7-8-16(25-24-15)23-18(27)14-9-10-21-17(14)26/h3-8,14H,9-11H2,1-2H3,(H,21,26)(H,22,24)(H,23,25,27). The van der Waals surface area contributed by atoms with Gasteiger partial charge in [-0.3, -0.25) is 9.59 Å². The number of carbonyl (C=O) groups excluding carboxylic acids is 2. The molecule has 2 aromatic rings. The highest BCUT2D eigenvalue weighted by molar-refractivity contribution is 6.07. The Morgan fingerprint density at radius 2 is 1.85 bits per heavy atom. The third-order valence-corrected chi connectivity index (χ3v) is 4.62. The first-order valence-electron chi connectivity index (χ1n) is 8.77. The molecule has 1 aromatic carbocycles. The largest absolute Gasteiger partial charge is 0.368 e. The predicted octanol–water partition coefficient (Wildman–Crippen LogP) is 2.08. The smallest absolute Gasteiger partial charge is 0.238 e. The van der Waals surface area contributed by atoms with Crippen molar-refractivity contribution in [2.75, 3.05) is 23.7 Å². The zero-order chi connectivity index (χ0) is 19.4. The fourth-order valence-electron chi connectivity index (χ4n) is 2.87. The summed E-state index contributed by atoms with van der Waals surface area (Å²) in [6, 6.07) is 9.75. The molecule has 27 heavy (non-hydrogen) atoms. The van der Waals surface area contributed by atoms with Crippen molar-refractivity contribution in [2.45, 2.75) is 25.7 Å². The van der Waals surface area contributed by atoms with E-state index in [1.165, 1.54) is 12.1 Å². The number of hydrogen-bond donors (Lipinski definition) is 3. The maximum atomic E-state index is 13.1. The van der Waals surface area contributed by atoms with E-state index in [0.29, 0.717) is 31.1 Å². The Hall–Kier alpha value is -3.03. The topological polar surface area (TPSA) is 96.0 Å². The van der Waals surface area contributed by atoms with Gasteiger partial charge in [0.05, 0.1) is 0 Å². The Kier molecular flexibility index (Phi) is 5.34. The second-order valence-electron chi connectivity index (χ2n) is 7.17. The van der Waals surface area contributed by atoms with Gasteiger partial charge in [-0.1, -0.05) is 26.0 Å². The first-order chi connectivity index (χ1) is 12.8. The molecule has 0 saturated carbocycles. The van der Waals surface area contributed by atoms with Crippen LogP contribution in [0.1, 0.15) is 25.8 Å². The average Bonchev–Trinajstić information content (AvgIpc) is 3.08. The molecule has 0 spiro atoms. The molecule has 0 bridgehead atoms. The predicted molar refractivity (Wildman–Crippen MR) is 99.7 cm³/mol. The molecule has 1 fully saturated rings. The Morgan fingerprint density at radius 3 is 2.44 bits per heavy atom. The van der Waals surface area contributed by atoms with Crippen LogP contribution in [0.4, 0.5) is 16.0 Å². The van der Waals surface area contributed by atoms with Crippen LogP contribution in [0.5, 0.6) is 0 Å². The third-order valence-electron chi connectivity index (χ3n) is 4.62. The van der Waals surface area contributed by atoms with Gasteiger partial charge in [-0.2, -0.15) is 0 Å². The molecule has 8 heteroatoms. The number of rotatable bonds is 6. The Balaban J connectivity index is 1.56. The van der Waals surface area contributed by atoms with Crippen LogP contribution in [0, 0.1) is 11.7 Å². The van der Waals surface area contributed by atoms with E-state index in [2.05, 4.69) is 26.1 Å². The molecule has 1 atom stereocenters. The zero-order valence-corrected chi connectivity index (χ0v) is 15.3. The van der Waals surface area contributed by atoms with Crippen molar-refractivity contribution in [2.24, 2.45) is 5.92 Å². The molecule has 0 radical (unpaired) electrons. The molecule has 3 rings (SSSR count). The van der Waals surface area contributed by atoms with Crippen molar-refractivity contribution < 1.29 is 14.0 Å². The number of hydrogen-bond acceptors (Lipinski definition) is 5. The number of aromatic nitrogens is 2. The Labute approximate surface area is 156 Å². The first kappa shape index (κ1) is 18.8. The fraction of sp³-hybridized carbons (Fsp3) is 0.368. The summed E-state index contributed by atoms with van der Waals surface area (Å²) in [5, 5.41) is 16.5.